The minimum Gasteiger partial charge on any atom is -0.383 e. The molecule has 2 rings (SSSR count). The van der Waals surface area contributed by atoms with Crippen molar-refractivity contribution < 1.29 is 11.0 Å². The number of carbonyl (C=O) groups excluding carboxylic acids is 1. The molecule has 1 aromatic rings. The summed E-state index contributed by atoms with van der Waals surface area (Å²) >= 11 is 0. The molecule has 1 unspecified atom stereocenters. The minimum atomic E-state index is -0.0298. The molecule has 1 heterocycles. The highest BCUT2D eigenvalue weighted by Crippen LogP contribution is 2.15. The Labute approximate surface area is 152 Å². The standard InChI is InChI=1S/C19H30N4O2.H2/c1-17(15-22-12-10-20-16-22)21-19(24)23(13-14-25-2)11-6-9-18-7-4-3-5-8-18;/h4,7-8,10,12,16-17H,3,5-6,9,11,13-15H2,1-2H3,(H,21,24);1H. The normalized spacial score (nSPS) is 14.9. The number of urea groups is 1. The molecule has 6 nitrogen and oxygen atoms in total. The smallest absolute Gasteiger partial charge is 0.317 e. The number of nitrogens with zero attached hydrogens (tertiary/aromatic N) is 3. The fraction of sp³-hybridized carbons (Fsp3) is 0.579. The molecule has 0 aliphatic heterocycles. The number of ether oxygens (including phenoxy) is 1. The van der Waals surface area contributed by atoms with E-state index in [1.807, 2.05) is 22.6 Å². The number of amides is 2. The van der Waals surface area contributed by atoms with Crippen LogP contribution in [0.25, 0.3) is 0 Å². The topological polar surface area (TPSA) is 59.4 Å². The molecule has 0 aromatic carbocycles. The van der Waals surface area contributed by atoms with Crippen LogP contribution in [0.2, 0.25) is 0 Å². The zero-order valence-corrected chi connectivity index (χ0v) is 15.4. The first-order valence-electron chi connectivity index (χ1n) is 9.04. The number of methoxy groups -OCH3 is 1. The Morgan fingerprint density at radius 1 is 1.48 bits per heavy atom. The monoisotopic (exact) mass is 348 g/mol. The van der Waals surface area contributed by atoms with Crippen molar-refractivity contribution in [2.75, 3.05) is 26.8 Å². The number of allylic oxidation sites excluding steroid dienone is 4. The third kappa shape index (κ3) is 7.13. The predicted octanol–water partition coefficient (Wildman–Crippen LogP) is 3.23. The molecule has 0 saturated carbocycles. The quantitative estimate of drug-likeness (QED) is 0.706. The number of hydrogen-bond acceptors (Lipinski definition) is 3. The van der Waals surface area contributed by atoms with Gasteiger partial charge in [-0.05, 0) is 32.6 Å². The van der Waals surface area contributed by atoms with Gasteiger partial charge in [0.1, 0.15) is 0 Å². The van der Waals surface area contributed by atoms with Crippen LogP contribution in [0.5, 0.6) is 0 Å². The Kier molecular flexibility index (Phi) is 8.25. The highest BCUT2D eigenvalue weighted by molar-refractivity contribution is 5.74. The molecular formula is C19H32N4O2. The lowest BCUT2D eigenvalue weighted by Gasteiger charge is -2.25. The first kappa shape index (κ1) is 19.2. The van der Waals surface area contributed by atoms with E-state index >= 15 is 0 Å². The Morgan fingerprint density at radius 3 is 3.04 bits per heavy atom. The van der Waals surface area contributed by atoms with Gasteiger partial charge in [0.05, 0.1) is 12.9 Å². The van der Waals surface area contributed by atoms with Crippen LogP contribution in [0.1, 0.15) is 34.0 Å². The van der Waals surface area contributed by atoms with Crippen molar-refractivity contribution in [3.63, 3.8) is 0 Å². The lowest BCUT2D eigenvalue weighted by molar-refractivity contribution is 0.146. The van der Waals surface area contributed by atoms with Crippen LogP contribution in [0, 0.1) is 0 Å². The first-order valence-corrected chi connectivity index (χ1v) is 9.04. The average Bonchev–Trinajstić information content (AvgIpc) is 3.11. The summed E-state index contributed by atoms with van der Waals surface area (Å²) in [7, 11) is 1.66. The van der Waals surface area contributed by atoms with Crippen molar-refractivity contribution >= 4 is 6.03 Å². The van der Waals surface area contributed by atoms with Gasteiger partial charge in [-0.1, -0.05) is 23.8 Å². The molecule has 1 aromatic heterocycles. The van der Waals surface area contributed by atoms with Crippen molar-refractivity contribution in [1.29, 1.82) is 0 Å². The van der Waals surface area contributed by atoms with Gasteiger partial charge >= 0.3 is 6.03 Å². The van der Waals surface area contributed by atoms with E-state index in [4.69, 9.17) is 4.74 Å². The molecule has 0 saturated heterocycles. The van der Waals surface area contributed by atoms with Gasteiger partial charge in [-0.2, -0.15) is 0 Å². The van der Waals surface area contributed by atoms with Crippen LogP contribution in [-0.2, 0) is 11.3 Å². The first-order chi connectivity index (χ1) is 12.2. The molecule has 0 fully saturated rings. The van der Waals surface area contributed by atoms with Gasteiger partial charge in [-0.3, -0.25) is 0 Å². The number of nitrogens with one attached hydrogen (secondary N) is 1. The number of rotatable bonds is 10. The van der Waals surface area contributed by atoms with Crippen molar-refractivity contribution in [2.24, 2.45) is 0 Å². The maximum atomic E-state index is 12.6. The summed E-state index contributed by atoms with van der Waals surface area (Å²) in [5, 5.41) is 3.07. The molecule has 1 aliphatic rings. The molecule has 0 radical (unpaired) electrons. The largest absolute Gasteiger partial charge is 0.383 e. The summed E-state index contributed by atoms with van der Waals surface area (Å²) in [6, 6.07) is 0.00793. The predicted molar refractivity (Wildman–Crippen MR) is 101 cm³/mol. The van der Waals surface area contributed by atoms with E-state index in [9.17, 15) is 4.79 Å². The second-order valence-corrected chi connectivity index (χ2v) is 6.45. The average molecular weight is 348 g/mol. The van der Waals surface area contributed by atoms with Crippen molar-refractivity contribution in [3.8, 4) is 0 Å². The summed E-state index contributed by atoms with van der Waals surface area (Å²) in [4.78, 5) is 18.5. The molecule has 1 aliphatic carbocycles. The molecule has 1 N–H and O–H groups in total. The summed E-state index contributed by atoms with van der Waals surface area (Å²) in [6.45, 7) is 4.60. The summed E-state index contributed by atoms with van der Waals surface area (Å²) < 4.78 is 7.12. The third-order valence-electron chi connectivity index (χ3n) is 4.23. The number of carbonyl (C=O) groups is 1. The molecule has 0 spiro atoms. The van der Waals surface area contributed by atoms with Crippen LogP contribution >= 0.6 is 0 Å². The molecule has 140 valence electrons. The minimum absolute atomic E-state index is 0. The Morgan fingerprint density at radius 2 is 2.36 bits per heavy atom. The van der Waals surface area contributed by atoms with Gasteiger partial charge in [-0.25, -0.2) is 9.78 Å². The fourth-order valence-corrected chi connectivity index (χ4v) is 2.90. The SMILES string of the molecule is COCCN(CCCC1=CCCC=C1)C(=O)NC(C)Cn1ccnc1.[HH]. The van der Waals surface area contributed by atoms with Crippen LogP contribution in [0.15, 0.2) is 42.5 Å². The molecular weight excluding hydrogens is 316 g/mol. The van der Waals surface area contributed by atoms with E-state index in [1.54, 1.807) is 19.6 Å². The number of imidazole rings is 1. The second kappa shape index (κ2) is 10.7. The summed E-state index contributed by atoms with van der Waals surface area (Å²) in [5.41, 5.74) is 1.38. The molecule has 0 bridgehead atoms. The van der Waals surface area contributed by atoms with E-state index in [2.05, 4.69) is 28.5 Å². The lowest BCUT2D eigenvalue weighted by atomic mass is 10.0. The maximum Gasteiger partial charge on any atom is 0.317 e. The lowest BCUT2D eigenvalue weighted by Crippen LogP contribution is -2.46. The van der Waals surface area contributed by atoms with Gasteiger partial charge in [0, 0.05) is 46.6 Å². The number of hydrogen-bond donors (Lipinski definition) is 1. The third-order valence-corrected chi connectivity index (χ3v) is 4.23. The molecule has 25 heavy (non-hydrogen) atoms. The second-order valence-electron chi connectivity index (χ2n) is 6.45. The van der Waals surface area contributed by atoms with Gasteiger partial charge < -0.3 is 19.5 Å². The van der Waals surface area contributed by atoms with Gasteiger partial charge in [0.25, 0.3) is 0 Å². The van der Waals surface area contributed by atoms with E-state index in [0.29, 0.717) is 19.7 Å². The van der Waals surface area contributed by atoms with Crippen LogP contribution in [0.4, 0.5) is 4.79 Å². The van der Waals surface area contributed by atoms with Crippen LogP contribution in [-0.4, -0.2) is 53.3 Å². The van der Waals surface area contributed by atoms with Crippen LogP contribution in [0.3, 0.4) is 0 Å². The van der Waals surface area contributed by atoms with Crippen molar-refractivity contribution in [3.05, 3.63) is 42.5 Å². The summed E-state index contributed by atoms with van der Waals surface area (Å²) in [6.07, 6.45) is 16.4. The van der Waals surface area contributed by atoms with Gasteiger partial charge in [0.2, 0.25) is 0 Å². The highest BCUT2D eigenvalue weighted by Gasteiger charge is 2.15. The molecule has 1 atom stereocenters. The van der Waals surface area contributed by atoms with E-state index < -0.39 is 0 Å². The van der Waals surface area contributed by atoms with Crippen LogP contribution < -0.4 is 5.32 Å². The van der Waals surface area contributed by atoms with Gasteiger partial charge in [0.15, 0.2) is 0 Å². The van der Waals surface area contributed by atoms with E-state index in [0.717, 1.165) is 32.2 Å². The number of aromatic nitrogens is 2. The Bertz CT molecular complexity index is 572. The summed E-state index contributed by atoms with van der Waals surface area (Å²) in [5.74, 6) is 0. The highest BCUT2D eigenvalue weighted by atomic mass is 16.5. The van der Waals surface area contributed by atoms with E-state index in [-0.39, 0.29) is 13.5 Å². The molecule has 2 amide bonds. The fourth-order valence-electron chi connectivity index (χ4n) is 2.90. The Balaban J connectivity index is 0.00000338. The van der Waals surface area contributed by atoms with Crippen molar-refractivity contribution in [1.82, 2.24) is 19.8 Å². The van der Waals surface area contributed by atoms with Crippen molar-refractivity contribution in [2.45, 2.75) is 45.2 Å². The zero-order chi connectivity index (χ0) is 17.9. The van der Waals surface area contributed by atoms with Gasteiger partial charge in [-0.15, -0.1) is 0 Å². The maximum absolute atomic E-state index is 12.6. The Hall–Kier alpha value is -2.08. The molecule has 6 heteroatoms. The zero-order valence-electron chi connectivity index (χ0n) is 15.4. The van der Waals surface area contributed by atoms with E-state index in [1.165, 1.54) is 5.57 Å².